The Morgan fingerprint density at radius 1 is 0.738 bits per heavy atom. The summed E-state index contributed by atoms with van der Waals surface area (Å²) in [5.41, 5.74) is 2.47. The quantitative estimate of drug-likeness (QED) is 0.129. The number of carbonyl (C=O) groups is 3. The van der Waals surface area contributed by atoms with Gasteiger partial charge in [0.2, 0.25) is 5.91 Å². The van der Waals surface area contributed by atoms with E-state index in [-0.39, 0.29) is 11.6 Å². The number of amides is 3. The summed E-state index contributed by atoms with van der Waals surface area (Å²) in [7, 11) is 0. The van der Waals surface area contributed by atoms with Gasteiger partial charge in [0.1, 0.15) is 16.7 Å². The van der Waals surface area contributed by atoms with Crippen molar-refractivity contribution in [2.75, 3.05) is 10.6 Å². The molecule has 2 heterocycles. The zero-order valence-corrected chi connectivity index (χ0v) is 23.1. The lowest BCUT2D eigenvalue weighted by molar-refractivity contribution is -0.116. The van der Waals surface area contributed by atoms with Crippen LogP contribution in [0.4, 0.5) is 11.4 Å². The number of nitrogens with zero attached hydrogens (tertiary/aromatic N) is 1. The van der Waals surface area contributed by atoms with Crippen LogP contribution < -0.4 is 16.0 Å². The highest BCUT2D eigenvalue weighted by atomic mass is 32.2. The maximum absolute atomic E-state index is 13.3. The maximum atomic E-state index is 13.3. The van der Waals surface area contributed by atoms with Gasteiger partial charge in [-0.1, -0.05) is 48.5 Å². The molecule has 0 spiro atoms. The van der Waals surface area contributed by atoms with Crippen molar-refractivity contribution in [2.24, 2.45) is 0 Å². The van der Waals surface area contributed by atoms with Crippen LogP contribution in [0.1, 0.15) is 26.9 Å². The number of anilines is 2. The monoisotopic (exact) mass is 574 g/mol. The molecule has 0 aliphatic carbocycles. The summed E-state index contributed by atoms with van der Waals surface area (Å²) < 4.78 is 5.35. The second-order valence-electron chi connectivity index (χ2n) is 9.01. The van der Waals surface area contributed by atoms with Crippen molar-refractivity contribution in [2.45, 2.75) is 10.1 Å². The third kappa shape index (κ3) is 7.61. The summed E-state index contributed by atoms with van der Waals surface area (Å²) >= 11 is 1.39. The number of furan rings is 1. The molecule has 0 aliphatic rings. The van der Waals surface area contributed by atoms with E-state index in [1.807, 2.05) is 42.5 Å². The number of pyridine rings is 1. The average Bonchev–Trinajstić information content (AvgIpc) is 3.55. The Hall–Kier alpha value is -5.41. The first-order valence-corrected chi connectivity index (χ1v) is 13.9. The second kappa shape index (κ2) is 13.8. The molecule has 208 valence electrons. The first-order chi connectivity index (χ1) is 20.5. The zero-order valence-electron chi connectivity index (χ0n) is 22.3. The number of aromatic nitrogens is 1. The van der Waals surface area contributed by atoms with E-state index in [0.717, 1.165) is 10.5 Å². The first kappa shape index (κ1) is 28.1. The largest absolute Gasteiger partial charge is 0.465 e. The topological polar surface area (TPSA) is 113 Å². The summed E-state index contributed by atoms with van der Waals surface area (Å²) in [6.07, 6.45) is 6.19. The minimum absolute atomic E-state index is 0.0224. The van der Waals surface area contributed by atoms with Gasteiger partial charge in [-0.05, 0) is 66.2 Å². The van der Waals surface area contributed by atoms with E-state index < -0.39 is 17.1 Å². The van der Waals surface area contributed by atoms with Crippen LogP contribution in [0.3, 0.4) is 0 Å². The van der Waals surface area contributed by atoms with E-state index in [4.69, 9.17) is 4.42 Å². The molecule has 8 nitrogen and oxygen atoms in total. The Kier molecular flexibility index (Phi) is 9.23. The van der Waals surface area contributed by atoms with Gasteiger partial charge < -0.3 is 20.4 Å². The van der Waals surface area contributed by atoms with E-state index in [1.165, 1.54) is 24.1 Å². The molecular formula is C33H26N4O4S. The van der Waals surface area contributed by atoms with Crippen LogP contribution in [0, 0.1) is 0 Å². The summed E-state index contributed by atoms with van der Waals surface area (Å²) in [5, 5.41) is 7.93. The van der Waals surface area contributed by atoms with Crippen LogP contribution in [0.5, 0.6) is 0 Å². The van der Waals surface area contributed by atoms with Gasteiger partial charge in [-0.2, -0.15) is 0 Å². The van der Waals surface area contributed by atoms with E-state index in [9.17, 15) is 14.4 Å². The Morgan fingerprint density at radius 2 is 1.40 bits per heavy atom. The maximum Gasteiger partial charge on any atom is 0.272 e. The van der Waals surface area contributed by atoms with Gasteiger partial charge >= 0.3 is 0 Å². The van der Waals surface area contributed by atoms with Crippen molar-refractivity contribution in [1.29, 1.82) is 0 Å². The fraction of sp³-hybridized carbons (Fsp3) is 0.0303. The number of hydrogen-bond acceptors (Lipinski definition) is 6. The number of benzene rings is 3. The van der Waals surface area contributed by atoms with Crippen molar-refractivity contribution in [1.82, 2.24) is 10.3 Å². The van der Waals surface area contributed by atoms with Crippen molar-refractivity contribution in [3.05, 3.63) is 150 Å². The third-order valence-corrected chi connectivity index (χ3v) is 7.28. The molecule has 42 heavy (non-hydrogen) atoms. The summed E-state index contributed by atoms with van der Waals surface area (Å²) in [4.78, 5) is 44.1. The molecule has 0 saturated carbocycles. The molecule has 0 saturated heterocycles. The number of nitrogens with one attached hydrogen (secondary N) is 3. The molecule has 1 atom stereocenters. The van der Waals surface area contributed by atoms with Crippen molar-refractivity contribution in [3.8, 4) is 0 Å². The van der Waals surface area contributed by atoms with E-state index >= 15 is 0 Å². The lowest BCUT2D eigenvalue weighted by Crippen LogP contribution is -2.30. The Bertz CT molecular complexity index is 1660. The molecule has 0 fully saturated rings. The number of rotatable bonds is 10. The van der Waals surface area contributed by atoms with Gasteiger partial charge in [0.15, 0.2) is 0 Å². The predicted molar refractivity (Wildman–Crippen MR) is 164 cm³/mol. The molecule has 0 radical (unpaired) electrons. The van der Waals surface area contributed by atoms with Crippen LogP contribution >= 0.6 is 11.8 Å². The van der Waals surface area contributed by atoms with Crippen molar-refractivity contribution >= 4 is 46.9 Å². The normalized spacial score (nSPS) is 11.8. The van der Waals surface area contributed by atoms with E-state index in [2.05, 4.69) is 20.9 Å². The molecule has 0 aliphatic heterocycles. The molecular weight excluding hydrogens is 548 g/mol. The number of hydrogen-bond donors (Lipinski definition) is 3. The fourth-order valence-electron chi connectivity index (χ4n) is 3.95. The predicted octanol–water partition coefficient (Wildman–Crippen LogP) is 6.56. The highest BCUT2D eigenvalue weighted by molar-refractivity contribution is 8.00. The van der Waals surface area contributed by atoms with Crippen LogP contribution in [0.2, 0.25) is 0 Å². The van der Waals surface area contributed by atoms with Gasteiger partial charge in [-0.15, -0.1) is 11.8 Å². The standard InChI is InChI=1S/C33H26N4O4S/c38-31(24-10-5-2-6-11-24)37-29(22-27-12-7-21-41-27)32(39)35-25-13-15-28(16-14-25)42-30(23-8-3-1-4-9-23)33(40)36-26-17-19-34-20-18-26/h1-22,30H,(H,35,39)(H,37,38)(H,34,36,40)/b29-22-. The molecule has 9 heteroatoms. The van der Waals surface area contributed by atoms with Gasteiger partial charge in [0.25, 0.3) is 11.8 Å². The van der Waals surface area contributed by atoms with Crippen LogP contribution in [0.15, 0.2) is 143 Å². The Labute approximate surface area is 246 Å². The smallest absolute Gasteiger partial charge is 0.272 e. The third-order valence-electron chi connectivity index (χ3n) is 6.01. The van der Waals surface area contributed by atoms with Gasteiger partial charge in [0, 0.05) is 40.3 Å². The molecule has 5 aromatic rings. The lowest BCUT2D eigenvalue weighted by atomic mass is 10.1. The minimum atomic E-state index is -0.519. The zero-order chi connectivity index (χ0) is 29.1. The highest BCUT2D eigenvalue weighted by Gasteiger charge is 2.22. The van der Waals surface area contributed by atoms with Crippen molar-refractivity contribution < 1.29 is 18.8 Å². The van der Waals surface area contributed by atoms with Crippen LogP contribution in [-0.2, 0) is 9.59 Å². The van der Waals surface area contributed by atoms with Gasteiger partial charge in [-0.3, -0.25) is 19.4 Å². The molecule has 3 amide bonds. The average molecular weight is 575 g/mol. The molecule has 3 N–H and O–H groups in total. The Balaban J connectivity index is 1.30. The van der Waals surface area contributed by atoms with Crippen LogP contribution in [0.25, 0.3) is 6.08 Å². The SMILES string of the molecule is O=C(Nc1ccc(SC(C(=O)Nc2ccncc2)c2ccccc2)cc1)/C(=C/c1ccco1)NC(=O)c1ccccc1. The van der Waals surface area contributed by atoms with Crippen molar-refractivity contribution in [3.63, 3.8) is 0 Å². The Morgan fingerprint density at radius 3 is 2.07 bits per heavy atom. The fourth-order valence-corrected chi connectivity index (χ4v) is 4.98. The molecule has 2 aromatic heterocycles. The minimum Gasteiger partial charge on any atom is -0.465 e. The second-order valence-corrected chi connectivity index (χ2v) is 10.2. The molecule has 0 bridgehead atoms. The van der Waals surface area contributed by atoms with E-state index in [1.54, 1.807) is 79.1 Å². The highest BCUT2D eigenvalue weighted by Crippen LogP contribution is 2.36. The molecule has 3 aromatic carbocycles. The summed E-state index contributed by atoms with van der Waals surface area (Å²) in [6, 6.07) is 32.1. The number of carbonyl (C=O) groups excluding carboxylic acids is 3. The lowest BCUT2D eigenvalue weighted by Gasteiger charge is -2.17. The van der Waals surface area contributed by atoms with Crippen LogP contribution in [-0.4, -0.2) is 22.7 Å². The summed E-state index contributed by atoms with van der Waals surface area (Å²) in [6.45, 7) is 0. The van der Waals surface area contributed by atoms with E-state index in [0.29, 0.717) is 22.7 Å². The van der Waals surface area contributed by atoms with Gasteiger partial charge in [0.05, 0.1) is 6.26 Å². The van der Waals surface area contributed by atoms with Gasteiger partial charge in [-0.25, -0.2) is 0 Å². The number of thioether (sulfide) groups is 1. The summed E-state index contributed by atoms with van der Waals surface area (Å²) in [5.74, 6) is -0.698. The molecule has 5 rings (SSSR count). The first-order valence-electron chi connectivity index (χ1n) is 13.0. The molecule has 1 unspecified atom stereocenters.